The molecule has 2 aromatic rings. The number of aliphatic hydroxyl groups excluding tert-OH is 1. The zero-order valence-electron chi connectivity index (χ0n) is 9.55. The molecule has 2 heterocycles. The Morgan fingerprint density at radius 2 is 2.35 bits per heavy atom. The van der Waals surface area contributed by atoms with Crippen molar-refractivity contribution in [3.63, 3.8) is 0 Å². The predicted molar refractivity (Wildman–Crippen MR) is 66.1 cm³/mol. The molecule has 0 saturated heterocycles. The van der Waals surface area contributed by atoms with E-state index >= 15 is 0 Å². The molecule has 0 atom stereocenters. The van der Waals surface area contributed by atoms with Crippen molar-refractivity contribution in [2.45, 2.75) is 26.5 Å². The van der Waals surface area contributed by atoms with Gasteiger partial charge in [0.05, 0.1) is 12.2 Å². The summed E-state index contributed by atoms with van der Waals surface area (Å²) < 4.78 is 2.26. The second-order valence-electron chi connectivity index (χ2n) is 3.65. The smallest absolute Gasteiger partial charge is 0.195 e. The number of aromatic amines is 1. The van der Waals surface area contributed by atoms with E-state index in [1.165, 1.54) is 5.56 Å². The number of pyridine rings is 1. The lowest BCUT2D eigenvalue weighted by atomic mass is 10.1. The Morgan fingerprint density at radius 3 is 3.06 bits per heavy atom. The van der Waals surface area contributed by atoms with Crippen LogP contribution in [0.3, 0.4) is 0 Å². The molecule has 0 fully saturated rings. The molecule has 0 bridgehead atoms. The van der Waals surface area contributed by atoms with E-state index in [0.29, 0.717) is 17.1 Å². The predicted octanol–water partition coefficient (Wildman–Crippen LogP) is 1.44. The number of hydrogen-bond donors (Lipinski definition) is 2. The minimum atomic E-state index is -0.137. The first-order valence-corrected chi connectivity index (χ1v) is 5.84. The van der Waals surface area contributed by atoms with E-state index < -0.39 is 0 Å². The van der Waals surface area contributed by atoms with Crippen molar-refractivity contribution in [2.24, 2.45) is 0 Å². The van der Waals surface area contributed by atoms with E-state index in [1.54, 1.807) is 10.8 Å². The van der Waals surface area contributed by atoms with Crippen molar-refractivity contribution in [2.75, 3.05) is 0 Å². The number of aromatic nitrogens is 4. The SMILES string of the molecule is CCc1cccnc1Cn1c(CO)n[nH]c1=S. The van der Waals surface area contributed by atoms with E-state index in [0.717, 1.165) is 12.1 Å². The average molecular weight is 250 g/mol. The number of rotatable bonds is 4. The van der Waals surface area contributed by atoms with Crippen molar-refractivity contribution < 1.29 is 5.11 Å². The van der Waals surface area contributed by atoms with Gasteiger partial charge in [-0.1, -0.05) is 13.0 Å². The van der Waals surface area contributed by atoms with Crippen LogP contribution in [0.15, 0.2) is 18.3 Å². The Hall–Kier alpha value is -1.53. The Balaban J connectivity index is 2.37. The van der Waals surface area contributed by atoms with Gasteiger partial charge in [0.1, 0.15) is 6.61 Å². The third-order valence-electron chi connectivity index (χ3n) is 2.65. The molecule has 6 heteroatoms. The summed E-state index contributed by atoms with van der Waals surface area (Å²) in [6.07, 6.45) is 2.68. The Labute approximate surface area is 104 Å². The monoisotopic (exact) mass is 250 g/mol. The van der Waals surface area contributed by atoms with E-state index in [9.17, 15) is 0 Å². The quantitative estimate of drug-likeness (QED) is 0.806. The number of H-pyrrole nitrogens is 1. The first-order chi connectivity index (χ1) is 8.26. The number of nitrogens with zero attached hydrogens (tertiary/aromatic N) is 3. The Bertz CT molecular complexity index is 561. The van der Waals surface area contributed by atoms with Gasteiger partial charge in [0.2, 0.25) is 0 Å². The largest absolute Gasteiger partial charge is 0.388 e. The van der Waals surface area contributed by atoms with E-state index in [-0.39, 0.29) is 6.61 Å². The van der Waals surface area contributed by atoms with Crippen LogP contribution in [0.5, 0.6) is 0 Å². The zero-order valence-corrected chi connectivity index (χ0v) is 10.4. The van der Waals surface area contributed by atoms with Crippen LogP contribution >= 0.6 is 12.2 Å². The van der Waals surface area contributed by atoms with Gasteiger partial charge in [0.25, 0.3) is 0 Å². The second kappa shape index (κ2) is 5.20. The minimum Gasteiger partial charge on any atom is -0.388 e. The summed E-state index contributed by atoms with van der Waals surface area (Å²) in [6, 6.07) is 3.97. The highest BCUT2D eigenvalue weighted by Crippen LogP contribution is 2.10. The van der Waals surface area contributed by atoms with Gasteiger partial charge in [-0.2, -0.15) is 5.10 Å². The fourth-order valence-electron chi connectivity index (χ4n) is 1.72. The molecule has 0 unspecified atom stereocenters. The molecule has 2 aromatic heterocycles. The van der Waals surface area contributed by atoms with Crippen LogP contribution in [0.1, 0.15) is 24.0 Å². The topological polar surface area (TPSA) is 66.7 Å². The van der Waals surface area contributed by atoms with Crippen LogP contribution < -0.4 is 0 Å². The van der Waals surface area contributed by atoms with Crippen LogP contribution in [0.25, 0.3) is 0 Å². The molecule has 17 heavy (non-hydrogen) atoms. The molecule has 5 nitrogen and oxygen atoms in total. The Kier molecular flexibility index (Phi) is 3.65. The van der Waals surface area contributed by atoms with Crippen LogP contribution in [0.2, 0.25) is 0 Å². The van der Waals surface area contributed by atoms with Gasteiger partial charge >= 0.3 is 0 Å². The van der Waals surface area contributed by atoms with Crippen LogP contribution in [-0.4, -0.2) is 24.9 Å². The molecule has 0 aliphatic carbocycles. The maximum atomic E-state index is 9.17. The first kappa shape index (κ1) is 11.9. The molecule has 0 radical (unpaired) electrons. The molecule has 0 amide bonds. The molecule has 0 aliphatic heterocycles. The lowest BCUT2D eigenvalue weighted by molar-refractivity contribution is 0.265. The van der Waals surface area contributed by atoms with E-state index in [1.807, 2.05) is 12.1 Å². The summed E-state index contributed by atoms with van der Waals surface area (Å²) in [7, 11) is 0. The highest BCUT2D eigenvalue weighted by Gasteiger charge is 2.08. The summed E-state index contributed by atoms with van der Waals surface area (Å²) in [4.78, 5) is 4.35. The van der Waals surface area contributed by atoms with Crippen LogP contribution in [-0.2, 0) is 19.6 Å². The summed E-state index contributed by atoms with van der Waals surface area (Å²) in [5.41, 5.74) is 2.14. The number of aryl methyl sites for hydroxylation is 1. The average Bonchev–Trinajstić information content (AvgIpc) is 2.71. The standard InChI is InChI=1S/C11H14N4OS/c1-2-8-4-3-5-12-9(8)6-15-10(7-16)13-14-11(15)17/h3-5,16H,2,6-7H2,1H3,(H,14,17). The maximum absolute atomic E-state index is 9.17. The van der Waals surface area contributed by atoms with Gasteiger partial charge in [-0.25, -0.2) is 0 Å². The third kappa shape index (κ3) is 2.42. The molecule has 0 saturated carbocycles. The van der Waals surface area contributed by atoms with Crippen molar-refractivity contribution in [3.8, 4) is 0 Å². The lowest BCUT2D eigenvalue weighted by Gasteiger charge is -2.08. The van der Waals surface area contributed by atoms with Crippen molar-refractivity contribution >= 4 is 12.2 Å². The van der Waals surface area contributed by atoms with Gasteiger partial charge in [-0.05, 0) is 30.3 Å². The van der Waals surface area contributed by atoms with Crippen molar-refractivity contribution in [1.29, 1.82) is 0 Å². The number of nitrogens with one attached hydrogen (secondary N) is 1. The summed E-state index contributed by atoms with van der Waals surface area (Å²) in [6.45, 7) is 2.48. The molecule has 0 aromatic carbocycles. The van der Waals surface area contributed by atoms with Crippen molar-refractivity contribution in [1.82, 2.24) is 19.7 Å². The molecule has 2 rings (SSSR count). The molecule has 90 valence electrons. The fourth-order valence-corrected chi connectivity index (χ4v) is 1.93. The highest BCUT2D eigenvalue weighted by molar-refractivity contribution is 7.71. The second-order valence-corrected chi connectivity index (χ2v) is 4.04. The normalized spacial score (nSPS) is 10.7. The van der Waals surface area contributed by atoms with Gasteiger partial charge in [-0.15, -0.1) is 0 Å². The van der Waals surface area contributed by atoms with E-state index in [2.05, 4.69) is 22.1 Å². The maximum Gasteiger partial charge on any atom is 0.195 e. The van der Waals surface area contributed by atoms with Crippen LogP contribution in [0, 0.1) is 4.77 Å². The molecule has 2 N–H and O–H groups in total. The van der Waals surface area contributed by atoms with Gasteiger partial charge in [-0.3, -0.25) is 14.6 Å². The third-order valence-corrected chi connectivity index (χ3v) is 2.96. The van der Waals surface area contributed by atoms with Gasteiger partial charge in [0.15, 0.2) is 10.6 Å². The van der Waals surface area contributed by atoms with Gasteiger partial charge < -0.3 is 5.11 Å². The summed E-state index contributed by atoms with van der Waals surface area (Å²) in [5.74, 6) is 0.530. The lowest BCUT2D eigenvalue weighted by Crippen LogP contribution is -2.08. The summed E-state index contributed by atoms with van der Waals surface area (Å²) in [5, 5.41) is 15.8. The molecular formula is C11H14N4OS. The molecule has 0 aliphatic rings. The zero-order chi connectivity index (χ0) is 12.3. The Morgan fingerprint density at radius 1 is 1.53 bits per heavy atom. The van der Waals surface area contributed by atoms with Crippen molar-refractivity contribution in [3.05, 3.63) is 40.2 Å². The first-order valence-electron chi connectivity index (χ1n) is 5.44. The molecule has 0 spiro atoms. The molecular weight excluding hydrogens is 236 g/mol. The number of hydrogen-bond acceptors (Lipinski definition) is 4. The minimum absolute atomic E-state index is 0.137. The summed E-state index contributed by atoms with van der Waals surface area (Å²) >= 11 is 5.12. The highest BCUT2D eigenvalue weighted by atomic mass is 32.1. The van der Waals surface area contributed by atoms with Gasteiger partial charge in [0, 0.05) is 6.20 Å². The number of aliphatic hydroxyl groups is 1. The van der Waals surface area contributed by atoms with E-state index in [4.69, 9.17) is 17.3 Å². The van der Waals surface area contributed by atoms with Crippen LogP contribution in [0.4, 0.5) is 0 Å². The fraction of sp³-hybridized carbons (Fsp3) is 0.364.